The van der Waals surface area contributed by atoms with Gasteiger partial charge in [-0.25, -0.2) is 17.9 Å². The smallest absolute Gasteiger partial charge is 0.277 e. The van der Waals surface area contributed by atoms with Crippen molar-refractivity contribution in [3.63, 3.8) is 0 Å². The van der Waals surface area contributed by atoms with Gasteiger partial charge in [0.1, 0.15) is 16.5 Å². The van der Waals surface area contributed by atoms with Crippen molar-refractivity contribution in [1.82, 2.24) is 19.6 Å². The Bertz CT molecular complexity index is 1240. The number of methoxy groups -OCH3 is 1. The molecule has 1 aliphatic rings. The molecule has 0 atom stereocenters. The molecule has 0 spiro atoms. The van der Waals surface area contributed by atoms with E-state index >= 15 is 0 Å². The van der Waals surface area contributed by atoms with E-state index in [0.717, 1.165) is 31.5 Å². The predicted octanol–water partition coefficient (Wildman–Crippen LogP) is 3.24. The summed E-state index contributed by atoms with van der Waals surface area (Å²) in [5.74, 6) is 1.42. The second-order valence-corrected chi connectivity index (χ2v) is 9.65. The summed E-state index contributed by atoms with van der Waals surface area (Å²) >= 11 is 0. The third-order valence-electron chi connectivity index (χ3n) is 5.35. The highest BCUT2D eigenvalue weighted by atomic mass is 35.7. The lowest BCUT2D eigenvalue weighted by Gasteiger charge is -2.10. The van der Waals surface area contributed by atoms with E-state index in [1.54, 1.807) is 10.6 Å². The monoisotopic (exact) mass is 436 g/mol. The normalized spacial score (nSPS) is 15.3. The summed E-state index contributed by atoms with van der Waals surface area (Å²) < 4.78 is 30.6. The van der Waals surface area contributed by atoms with Crippen LogP contribution in [0.25, 0.3) is 16.9 Å². The number of ether oxygens (including phenoxy) is 1. The lowest BCUT2D eigenvalue weighted by molar-refractivity contribution is 0.403. The van der Waals surface area contributed by atoms with Crippen LogP contribution in [0.5, 0.6) is 5.75 Å². The molecule has 0 amide bonds. The van der Waals surface area contributed by atoms with Gasteiger partial charge in [0.25, 0.3) is 14.6 Å². The number of nitrogens with one attached hydrogen (secondary N) is 1. The molecule has 0 saturated heterocycles. The number of nitrogens with zero attached hydrogens (tertiary/aromatic N) is 3. The van der Waals surface area contributed by atoms with E-state index in [-0.39, 0.29) is 27.9 Å². The second kappa shape index (κ2) is 7.46. The molecule has 10 heteroatoms. The molecule has 1 saturated carbocycles. The Balaban J connectivity index is 1.94. The summed E-state index contributed by atoms with van der Waals surface area (Å²) in [5.41, 5.74) is 1.26. The third kappa shape index (κ3) is 3.53. The molecule has 0 aliphatic heterocycles. The van der Waals surface area contributed by atoms with Crippen LogP contribution < -0.4 is 10.3 Å². The number of H-pyrrole nitrogens is 1. The Labute approximate surface area is 172 Å². The topological polar surface area (TPSA) is 106 Å². The van der Waals surface area contributed by atoms with Gasteiger partial charge in [0.2, 0.25) is 0 Å². The Kier molecular flexibility index (Phi) is 5.12. The van der Waals surface area contributed by atoms with E-state index < -0.39 is 9.05 Å². The maximum atomic E-state index is 12.9. The summed E-state index contributed by atoms with van der Waals surface area (Å²) in [6, 6.07) is 4.46. The maximum Gasteiger partial charge on any atom is 0.277 e. The van der Waals surface area contributed by atoms with Crippen molar-refractivity contribution in [2.75, 3.05) is 7.11 Å². The number of rotatable bonds is 5. The van der Waals surface area contributed by atoms with Crippen molar-refractivity contribution in [3.05, 3.63) is 40.1 Å². The zero-order valence-electron chi connectivity index (χ0n) is 16.1. The average molecular weight is 437 g/mol. The van der Waals surface area contributed by atoms with Crippen molar-refractivity contribution in [1.29, 1.82) is 0 Å². The number of hydrogen-bond donors (Lipinski definition) is 1. The molecule has 154 valence electrons. The first kappa shape index (κ1) is 19.9. The summed E-state index contributed by atoms with van der Waals surface area (Å²) in [5, 5.41) is 4.62. The number of halogens is 1. The minimum Gasteiger partial charge on any atom is -0.495 e. The van der Waals surface area contributed by atoms with Gasteiger partial charge in [-0.1, -0.05) is 19.8 Å². The molecule has 0 unspecified atom stereocenters. The molecule has 2 heterocycles. The molecule has 0 radical (unpaired) electrons. The Morgan fingerprint density at radius 2 is 2.03 bits per heavy atom. The average Bonchev–Trinajstić information content (AvgIpc) is 3.34. The molecule has 4 rings (SSSR count). The van der Waals surface area contributed by atoms with Gasteiger partial charge in [0, 0.05) is 22.2 Å². The predicted molar refractivity (Wildman–Crippen MR) is 109 cm³/mol. The van der Waals surface area contributed by atoms with E-state index in [4.69, 9.17) is 20.4 Å². The van der Waals surface area contributed by atoms with Crippen LogP contribution >= 0.6 is 10.7 Å². The van der Waals surface area contributed by atoms with E-state index in [0.29, 0.717) is 23.2 Å². The highest BCUT2D eigenvalue weighted by Crippen LogP contribution is 2.34. The van der Waals surface area contributed by atoms with Crippen LogP contribution in [0.3, 0.4) is 0 Å². The van der Waals surface area contributed by atoms with Crippen LogP contribution in [0.1, 0.15) is 50.0 Å². The quantitative estimate of drug-likeness (QED) is 0.615. The Morgan fingerprint density at radius 1 is 1.31 bits per heavy atom. The lowest BCUT2D eigenvalue weighted by Crippen LogP contribution is -2.16. The summed E-state index contributed by atoms with van der Waals surface area (Å²) in [6.45, 7) is 1.95. The molecular weight excluding hydrogens is 416 g/mol. The standard InChI is InChI=1S/C19H21ClN4O4S/c1-3-13-16-19(25)22-17(23-24(16)18(21-13)11-6-4-5-7-11)12-8-9-14(28-2)15(10-12)29(20,26)27/h8-11H,3-7H2,1-2H3,(H,22,23,25). The second-order valence-electron chi connectivity index (χ2n) is 7.12. The van der Waals surface area contributed by atoms with Gasteiger partial charge in [-0.15, -0.1) is 5.10 Å². The maximum absolute atomic E-state index is 12.9. The van der Waals surface area contributed by atoms with Crippen LogP contribution in [0.2, 0.25) is 0 Å². The zero-order chi connectivity index (χ0) is 20.8. The van der Waals surface area contributed by atoms with Crippen LogP contribution in [0.4, 0.5) is 0 Å². The molecule has 1 aromatic carbocycles. The molecule has 0 bridgehead atoms. The largest absolute Gasteiger partial charge is 0.495 e. The molecule has 8 nitrogen and oxygen atoms in total. The first-order valence-electron chi connectivity index (χ1n) is 9.48. The van der Waals surface area contributed by atoms with Gasteiger partial charge in [0.15, 0.2) is 11.3 Å². The summed E-state index contributed by atoms with van der Waals surface area (Å²) in [4.78, 5) is 20.1. The van der Waals surface area contributed by atoms with Gasteiger partial charge in [-0.2, -0.15) is 0 Å². The highest BCUT2D eigenvalue weighted by molar-refractivity contribution is 8.13. The van der Waals surface area contributed by atoms with Gasteiger partial charge >= 0.3 is 0 Å². The third-order valence-corrected chi connectivity index (χ3v) is 6.70. The molecule has 2 aromatic heterocycles. The van der Waals surface area contributed by atoms with E-state index in [1.165, 1.54) is 19.2 Å². The van der Waals surface area contributed by atoms with Crippen LogP contribution in [-0.2, 0) is 15.5 Å². The Morgan fingerprint density at radius 3 is 2.66 bits per heavy atom. The SMILES string of the molecule is CCc1nc(C2CCCC2)n2nc(-c3ccc(OC)c(S(=O)(=O)Cl)c3)[nH]c(=O)c12. The summed E-state index contributed by atoms with van der Waals surface area (Å²) in [7, 11) is 2.86. The number of aromatic nitrogens is 4. The summed E-state index contributed by atoms with van der Waals surface area (Å²) in [6.07, 6.45) is 4.92. The minimum atomic E-state index is -4.04. The van der Waals surface area contributed by atoms with Crippen LogP contribution in [0, 0.1) is 0 Å². The van der Waals surface area contributed by atoms with Crippen LogP contribution in [-0.4, -0.2) is 35.1 Å². The van der Waals surface area contributed by atoms with Crippen LogP contribution in [0.15, 0.2) is 27.9 Å². The van der Waals surface area contributed by atoms with E-state index in [2.05, 4.69) is 10.1 Å². The van der Waals surface area contributed by atoms with Gasteiger partial charge in [0.05, 0.1) is 12.8 Å². The van der Waals surface area contributed by atoms with Gasteiger partial charge in [-0.3, -0.25) is 4.79 Å². The number of benzene rings is 1. The number of aryl methyl sites for hydroxylation is 1. The number of hydrogen-bond acceptors (Lipinski definition) is 6. The lowest BCUT2D eigenvalue weighted by atomic mass is 10.1. The number of imidazole rings is 1. The highest BCUT2D eigenvalue weighted by Gasteiger charge is 2.26. The minimum absolute atomic E-state index is 0.120. The molecule has 1 N–H and O–H groups in total. The fourth-order valence-corrected chi connectivity index (χ4v) is 4.96. The van der Waals surface area contributed by atoms with Crippen molar-refractivity contribution in [2.45, 2.75) is 49.8 Å². The molecule has 3 aromatic rings. The first-order chi connectivity index (χ1) is 13.8. The van der Waals surface area contributed by atoms with Gasteiger partial charge < -0.3 is 9.72 Å². The number of aromatic amines is 1. The molecule has 1 aliphatic carbocycles. The molecule has 29 heavy (non-hydrogen) atoms. The zero-order valence-corrected chi connectivity index (χ0v) is 17.7. The van der Waals surface area contributed by atoms with E-state index in [9.17, 15) is 13.2 Å². The van der Waals surface area contributed by atoms with Crippen molar-refractivity contribution in [3.8, 4) is 17.1 Å². The Hall–Kier alpha value is -2.39. The van der Waals surface area contributed by atoms with E-state index in [1.807, 2.05) is 6.92 Å². The van der Waals surface area contributed by atoms with Crippen molar-refractivity contribution in [2.24, 2.45) is 0 Å². The van der Waals surface area contributed by atoms with Crippen molar-refractivity contribution >= 4 is 25.2 Å². The fraction of sp³-hybridized carbons (Fsp3) is 0.421. The number of fused-ring (bicyclic) bond motifs is 1. The fourth-order valence-electron chi connectivity index (χ4n) is 3.93. The molecule has 1 fully saturated rings. The molecular formula is C19H21ClN4O4S. The van der Waals surface area contributed by atoms with Gasteiger partial charge in [-0.05, 0) is 37.5 Å². The van der Waals surface area contributed by atoms with Crippen molar-refractivity contribution < 1.29 is 13.2 Å². The first-order valence-corrected chi connectivity index (χ1v) is 11.8.